The molecular weight excluding hydrogens is 366 g/mol. The third kappa shape index (κ3) is 3.74. The first-order valence-electron chi connectivity index (χ1n) is 7.92. The zero-order chi connectivity index (χ0) is 17.1. The number of hydrogen-bond acceptors (Lipinski definition) is 3. The van der Waals surface area contributed by atoms with E-state index in [1.165, 1.54) is 5.56 Å². The molecule has 5 heteroatoms. The maximum absolute atomic E-state index is 12.7. The minimum atomic E-state index is -0.0213. The van der Waals surface area contributed by atoms with Gasteiger partial charge in [-0.15, -0.1) is 0 Å². The molecule has 0 spiro atoms. The lowest BCUT2D eigenvalue weighted by molar-refractivity contribution is 0.367. The van der Waals surface area contributed by atoms with Crippen LogP contribution in [0.3, 0.4) is 0 Å². The molecule has 1 aromatic heterocycles. The Balaban J connectivity index is 2.06. The summed E-state index contributed by atoms with van der Waals surface area (Å²) in [5, 5.41) is 6.33. The monoisotopic (exact) mass is 385 g/mol. The van der Waals surface area contributed by atoms with Crippen LogP contribution in [0.4, 0.5) is 0 Å². The Morgan fingerprint density at radius 3 is 2.38 bits per heavy atom. The number of halogens is 1. The molecule has 0 bridgehead atoms. The molecule has 0 atom stereocenters. The summed E-state index contributed by atoms with van der Waals surface area (Å²) in [6, 6.07) is 15.9. The Morgan fingerprint density at radius 2 is 1.71 bits per heavy atom. The molecule has 2 aromatic carbocycles. The number of aromatic nitrogens is 2. The fourth-order valence-corrected chi connectivity index (χ4v) is 2.94. The maximum atomic E-state index is 12.7. The zero-order valence-electron chi connectivity index (χ0n) is 13.9. The van der Waals surface area contributed by atoms with Crippen LogP contribution in [0.5, 0.6) is 0 Å². The van der Waals surface area contributed by atoms with E-state index >= 15 is 0 Å². The molecule has 0 unspecified atom stereocenters. The highest BCUT2D eigenvalue weighted by atomic mass is 79.9. The van der Waals surface area contributed by atoms with Crippen molar-refractivity contribution < 1.29 is 0 Å². The van der Waals surface area contributed by atoms with Crippen LogP contribution in [-0.2, 0) is 13.0 Å². The summed E-state index contributed by atoms with van der Waals surface area (Å²) < 4.78 is 2.65. The van der Waals surface area contributed by atoms with Crippen molar-refractivity contribution in [2.24, 2.45) is 0 Å². The minimum Gasteiger partial charge on any atom is -0.308 e. The van der Waals surface area contributed by atoms with Gasteiger partial charge in [-0.25, -0.2) is 4.68 Å². The molecule has 0 saturated carbocycles. The van der Waals surface area contributed by atoms with Crippen LogP contribution in [-0.4, -0.2) is 35.3 Å². The molecule has 0 aliphatic rings. The van der Waals surface area contributed by atoms with Gasteiger partial charge in [-0.05, 0) is 37.9 Å². The Kier molecular flexibility index (Phi) is 5.11. The SMILES string of the molecule is CN(C)CCn1nc(Cc2ccc(Br)cc2)c2ccccc2c1=O. The van der Waals surface area contributed by atoms with E-state index in [0.717, 1.165) is 27.5 Å². The fraction of sp³-hybridized carbons (Fsp3) is 0.263. The lowest BCUT2D eigenvalue weighted by atomic mass is 10.0. The van der Waals surface area contributed by atoms with Crippen molar-refractivity contribution >= 4 is 26.7 Å². The van der Waals surface area contributed by atoms with E-state index in [0.29, 0.717) is 13.0 Å². The number of hydrogen-bond donors (Lipinski definition) is 0. The number of likely N-dealkylation sites (N-methyl/N-ethyl adjacent to an activating group) is 1. The number of nitrogens with zero attached hydrogens (tertiary/aromatic N) is 3. The third-order valence-corrected chi connectivity index (χ3v) is 4.52. The summed E-state index contributed by atoms with van der Waals surface area (Å²) in [6.45, 7) is 1.37. The summed E-state index contributed by atoms with van der Waals surface area (Å²) in [6.07, 6.45) is 0.704. The topological polar surface area (TPSA) is 38.1 Å². The Labute approximate surface area is 149 Å². The molecule has 0 amide bonds. The first-order valence-corrected chi connectivity index (χ1v) is 8.72. The van der Waals surface area contributed by atoms with Crippen molar-refractivity contribution in [2.45, 2.75) is 13.0 Å². The highest BCUT2D eigenvalue weighted by Gasteiger charge is 2.11. The molecule has 0 radical (unpaired) electrons. The van der Waals surface area contributed by atoms with Gasteiger partial charge in [0.05, 0.1) is 17.6 Å². The van der Waals surface area contributed by atoms with E-state index in [-0.39, 0.29) is 5.56 Å². The molecule has 4 nitrogen and oxygen atoms in total. The molecule has 0 saturated heterocycles. The normalized spacial score (nSPS) is 11.3. The predicted octanol–water partition coefficient (Wildman–Crippen LogP) is 3.31. The minimum absolute atomic E-state index is 0.0213. The molecule has 0 N–H and O–H groups in total. The van der Waals surface area contributed by atoms with Crippen molar-refractivity contribution in [2.75, 3.05) is 20.6 Å². The van der Waals surface area contributed by atoms with Crippen molar-refractivity contribution in [3.8, 4) is 0 Å². The number of benzene rings is 2. The molecule has 3 rings (SSSR count). The van der Waals surface area contributed by atoms with E-state index in [9.17, 15) is 4.79 Å². The van der Waals surface area contributed by atoms with Crippen LogP contribution in [0, 0.1) is 0 Å². The summed E-state index contributed by atoms with van der Waals surface area (Å²) in [5.74, 6) is 0. The van der Waals surface area contributed by atoms with Gasteiger partial charge in [0.1, 0.15) is 0 Å². The largest absolute Gasteiger partial charge is 0.308 e. The van der Waals surface area contributed by atoms with Gasteiger partial charge in [-0.1, -0.05) is 46.3 Å². The summed E-state index contributed by atoms with van der Waals surface area (Å²) in [5.41, 5.74) is 2.09. The molecule has 0 aliphatic carbocycles. The zero-order valence-corrected chi connectivity index (χ0v) is 15.5. The molecule has 3 aromatic rings. The smallest absolute Gasteiger partial charge is 0.274 e. The van der Waals surface area contributed by atoms with E-state index in [1.54, 1.807) is 4.68 Å². The molecule has 1 heterocycles. The van der Waals surface area contributed by atoms with Crippen LogP contribution in [0.2, 0.25) is 0 Å². The Hall–Kier alpha value is -1.98. The lowest BCUT2D eigenvalue weighted by Gasteiger charge is -2.13. The van der Waals surface area contributed by atoms with Crippen molar-refractivity contribution in [1.82, 2.24) is 14.7 Å². The van der Waals surface area contributed by atoms with Crippen LogP contribution < -0.4 is 5.56 Å². The molecule has 0 aliphatic heterocycles. The molecule has 0 fully saturated rings. The van der Waals surface area contributed by atoms with Gasteiger partial charge in [-0.2, -0.15) is 5.10 Å². The fourth-order valence-electron chi connectivity index (χ4n) is 2.68. The third-order valence-electron chi connectivity index (χ3n) is 3.99. The number of fused-ring (bicyclic) bond motifs is 1. The lowest BCUT2D eigenvalue weighted by Crippen LogP contribution is -2.29. The van der Waals surface area contributed by atoms with Crippen molar-refractivity contribution in [3.05, 3.63) is 74.6 Å². The van der Waals surface area contributed by atoms with Crippen molar-refractivity contribution in [1.29, 1.82) is 0 Å². The maximum Gasteiger partial charge on any atom is 0.274 e. The first-order chi connectivity index (χ1) is 11.5. The quantitative estimate of drug-likeness (QED) is 0.675. The highest BCUT2D eigenvalue weighted by Crippen LogP contribution is 2.18. The molecule has 124 valence electrons. The van der Waals surface area contributed by atoms with Gasteiger partial charge >= 0.3 is 0 Å². The summed E-state index contributed by atoms with van der Waals surface area (Å²) in [7, 11) is 3.99. The average molecular weight is 386 g/mol. The average Bonchev–Trinajstić information content (AvgIpc) is 2.58. The van der Waals surface area contributed by atoms with Gasteiger partial charge in [0.15, 0.2) is 0 Å². The Bertz CT molecular complexity index is 901. The second-order valence-electron chi connectivity index (χ2n) is 6.13. The van der Waals surface area contributed by atoms with Crippen LogP contribution in [0.1, 0.15) is 11.3 Å². The van der Waals surface area contributed by atoms with E-state index in [1.807, 2.05) is 50.5 Å². The second kappa shape index (κ2) is 7.28. The second-order valence-corrected chi connectivity index (χ2v) is 7.04. The predicted molar refractivity (Wildman–Crippen MR) is 102 cm³/mol. The van der Waals surface area contributed by atoms with Crippen molar-refractivity contribution in [3.63, 3.8) is 0 Å². The van der Waals surface area contributed by atoms with Gasteiger partial charge < -0.3 is 4.90 Å². The highest BCUT2D eigenvalue weighted by molar-refractivity contribution is 9.10. The van der Waals surface area contributed by atoms with Gasteiger partial charge in [-0.3, -0.25) is 4.79 Å². The van der Waals surface area contributed by atoms with Crippen LogP contribution >= 0.6 is 15.9 Å². The summed E-state index contributed by atoms with van der Waals surface area (Å²) in [4.78, 5) is 14.7. The van der Waals surface area contributed by atoms with Crippen LogP contribution in [0.15, 0.2) is 57.8 Å². The Morgan fingerprint density at radius 1 is 1.04 bits per heavy atom. The van der Waals surface area contributed by atoms with Gasteiger partial charge in [0, 0.05) is 22.8 Å². The molecule has 24 heavy (non-hydrogen) atoms. The first kappa shape index (κ1) is 16.9. The van der Waals surface area contributed by atoms with E-state index < -0.39 is 0 Å². The summed E-state index contributed by atoms with van der Waals surface area (Å²) >= 11 is 3.46. The van der Waals surface area contributed by atoms with Crippen LogP contribution in [0.25, 0.3) is 10.8 Å². The standard InChI is InChI=1S/C19H20BrN3O/c1-22(2)11-12-23-19(24)17-6-4-3-5-16(17)18(21-23)13-14-7-9-15(20)10-8-14/h3-10H,11-13H2,1-2H3. The van der Waals surface area contributed by atoms with E-state index in [2.05, 4.69) is 38.1 Å². The van der Waals surface area contributed by atoms with Gasteiger partial charge in [0.25, 0.3) is 5.56 Å². The number of rotatable bonds is 5. The van der Waals surface area contributed by atoms with Gasteiger partial charge in [0.2, 0.25) is 0 Å². The molecular formula is C19H20BrN3O. The van der Waals surface area contributed by atoms with E-state index in [4.69, 9.17) is 0 Å².